The highest BCUT2D eigenvalue weighted by atomic mass is 16.4. The molecule has 6 N–H and O–H groups in total. The van der Waals surface area contributed by atoms with E-state index in [4.69, 9.17) is 22.7 Å². The zero-order valence-corrected chi connectivity index (χ0v) is 33.1. The molecule has 17 heteroatoms. The van der Waals surface area contributed by atoms with E-state index in [1.165, 1.54) is 0 Å². The monoisotopic (exact) mass is 792 g/mol. The number of hydrogen-bond acceptors (Lipinski definition) is 12. The molecule has 2 fully saturated rings. The molecule has 0 aliphatic heterocycles. The van der Waals surface area contributed by atoms with E-state index in [1.807, 2.05) is 52.5 Å². The number of rotatable bonds is 11. The molecule has 6 aromatic rings. The van der Waals surface area contributed by atoms with Gasteiger partial charge in [0.2, 0.25) is 17.4 Å². The Morgan fingerprint density at radius 3 is 1.63 bits per heavy atom. The lowest BCUT2D eigenvalue weighted by Crippen LogP contribution is -2.31. The highest BCUT2D eigenvalue weighted by molar-refractivity contribution is 5.94. The van der Waals surface area contributed by atoms with Gasteiger partial charge in [-0.05, 0) is 62.1 Å². The number of aromatic nitrogens is 8. The molecule has 4 aromatic heterocycles. The van der Waals surface area contributed by atoms with Crippen molar-refractivity contribution >= 4 is 35.1 Å². The van der Waals surface area contributed by atoms with Crippen molar-refractivity contribution in [2.45, 2.75) is 45.1 Å². The number of carboxylic acid groups (broad SMARTS) is 1. The van der Waals surface area contributed by atoms with Crippen molar-refractivity contribution in [1.82, 2.24) is 44.8 Å². The predicted octanol–water partition coefficient (Wildman–Crippen LogP) is 5.99. The Kier molecular flexibility index (Phi) is 12.4. The smallest absolute Gasteiger partial charge is 0.335 e. The Hall–Kier alpha value is -7.50. The number of carbonyl (C=O) groups is 2. The van der Waals surface area contributed by atoms with Crippen molar-refractivity contribution in [3.05, 3.63) is 119 Å². The third-order valence-corrected chi connectivity index (χ3v) is 9.82. The SMILES string of the molecule is Cc1cnc(Nc2cnn(C)c2)nc1-c1ccc(C(=O)O)cc1.N#CC1(CN)CC1.[C-]#[N+]C1(CNC(=O)c2ccc(-c3nc(Nc4cnn(C)c4)ncc3C)cc2)CC1. The fourth-order valence-corrected chi connectivity index (χ4v) is 5.70. The van der Waals surface area contributed by atoms with Gasteiger partial charge in [-0.2, -0.15) is 15.5 Å². The molecular weight excluding hydrogens is 749 g/mol. The minimum Gasteiger partial charge on any atom is -0.478 e. The Bertz CT molecular complexity index is 2520. The average molecular weight is 793 g/mol. The van der Waals surface area contributed by atoms with Gasteiger partial charge < -0.3 is 31.6 Å². The molecule has 2 saturated carbocycles. The lowest BCUT2D eigenvalue weighted by molar-refractivity contribution is 0.0696. The largest absolute Gasteiger partial charge is 0.478 e. The molecule has 0 unspecified atom stereocenters. The van der Waals surface area contributed by atoms with Crippen molar-refractivity contribution in [2.24, 2.45) is 25.2 Å². The molecule has 0 saturated heterocycles. The molecule has 2 aliphatic rings. The second-order valence-electron chi connectivity index (χ2n) is 14.6. The molecule has 0 bridgehead atoms. The third kappa shape index (κ3) is 10.7. The summed E-state index contributed by atoms with van der Waals surface area (Å²) in [4.78, 5) is 44.6. The number of nitrogens with zero attached hydrogens (tertiary/aromatic N) is 10. The van der Waals surface area contributed by atoms with E-state index in [0.717, 1.165) is 70.7 Å². The van der Waals surface area contributed by atoms with Gasteiger partial charge in [-0.15, -0.1) is 0 Å². The van der Waals surface area contributed by atoms with Crippen LogP contribution in [0, 0.1) is 37.2 Å². The van der Waals surface area contributed by atoms with Crippen LogP contribution in [0.2, 0.25) is 0 Å². The number of benzene rings is 2. The van der Waals surface area contributed by atoms with Crippen LogP contribution in [0.5, 0.6) is 0 Å². The minimum atomic E-state index is -0.949. The number of nitrogens with one attached hydrogen (secondary N) is 3. The maximum atomic E-state index is 12.4. The highest BCUT2D eigenvalue weighted by Gasteiger charge is 2.50. The van der Waals surface area contributed by atoms with Crippen molar-refractivity contribution in [3.8, 4) is 28.6 Å². The van der Waals surface area contributed by atoms with Gasteiger partial charge in [-0.3, -0.25) is 14.2 Å². The van der Waals surface area contributed by atoms with E-state index in [-0.39, 0.29) is 22.4 Å². The Balaban J connectivity index is 0.000000173. The van der Waals surface area contributed by atoms with Gasteiger partial charge >= 0.3 is 5.97 Å². The van der Waals surface area contributed by atoms with Crippen LogP contribution in [-0.4, -0.2) is 75.1 Å². The van der Waals surface area contributed by atoms with E-state index in [0.29, 0.717) is 30.5 Å². The fraction of sp³-hybridized carbons (Fsp3) is 0.286. The number of anilines is 4. The normalized spacial score (nSPS) is 13.8. The van der Waals surface area contributed by atoms with Crippen LogP contribution < -0.4 is 21.7 Å². The maximum Gasteiger partial charge on any atom is 0.335 e. The Labute approximate surface area is 341 Å². The summed E-state index contributed by atoms with van der Waals surface area (Å²) in [5.41, 5.74) is 12.3. The molecule has 2 aliphatic carbocycles. The Morgan fingerprint density at radius 2 is 1.29 bits per heavy atom. The standard InChI is InChI=1S/C21H21N7O.C16H15N5O2.C5H8N2/c1-14-10-23-20(26-17-11-25-28(3)12-17)27-18(14)15-4-6-16(7-5-15)19(29)24-13-21(22-2)8-9-21;1-10-7-17-16(19-13-8-18-21(2)9-13)20-14(10)11-3-5-12(6-4-11)15(22)23;6-3-5(4-7)1-2-5/h4-7,10-12H,8-9,13H2,1,3H3,(H,24,29)(H,23,26,27);3-9H,1-2H3,(H,22,23)(H,17,19,20);1-3,6H2. The topological polar surface area (TPSA) is 232 Å². The second-order valence-corrected chi connectivity index (χ2v) is 14.6. The quantitative estimate of drug-likeness (QED) is 0.0951. The van der Waals surface area contributed by atoms with Crippen LogP contribution in [0.15, 0.2) is 85.7 Å². The number of aryl methyl sites for hydroxylation is 4. The van der Waals surface area contributed by atoms with E-state index in [9.17, 15) is 9.59 Å². The van der Waals surface area contributed by atoms with Crippen LogP contribution >= 0.6 is 0 Å². The van der Waals surface area contributed by atoms with Crippen molar-refractivity contribution < 1.29 is 14.7 Å². The zero-order chi connectivity index (χ0) is 42.2. The maximum absolute atomic E-state index is 12.4. The van der Waals surface area contributed by atoms with Gasteiger partial charge in [0, 0.05) is 75.0 Å². The zero-order valence-electron chi connectivity index (χ0n) is 33.1. The first-order valence-electron chi connectivity index (χ1n) is 18.7. The Morgan fingerprint density at radius 1 is 0.814 bits per heavy atom. The van der Waals surface area contributed by atoms with Gasteiger partial charge in [-0.25, -0.2) is 31.3 Å². The minimum absolute atomic E-state index is 0.0833. The molecule has 4 heterocycles. The molecule has 0 spiro atoms. The van der Waals surface area contributed by atoms with Crippen molar-refractivity contribution in [2.75, 3.05) is 23.7 Å². The van der Waals surface area contributed by atoms with E-state index in [1.54, 1.807) is 70.5 Å². The lowest BCUT2D eigenvalue weighted by Gasteiger charge is -2.10. The van der Waals surface area contributed by atoms with Gasteiger partial charge in [0.25, 0.3) is 5.91 Å². The molecule has 300 valence electrons. The summed E-state index contributed by atoms with van der Waals surface area (Å²) in [6, 6.07) is 16.1. The predicted molar refractivity (Wildman–Crippen MR) is 222 cm³/mol. The summed E-state index contributed by atoms with van der Waals surface area (Å²) in [5.74, 6) is -0.171. The molecule has 0 atom stereocenters. The van der Waals surface area contributed by atoms with Crippen molar-refractivity contribution in [3.63, 3.8) is 0 Å². The number of hydrogen-bond donors (Lipinski definition) is 5. The molecule has 59 heavy (non-hydrogen) atoms. The number of amides is 1. The summed E-state index contributed by atoms with van der Waals surface area (Å²) >= 11 is 0. The van der Waals surface area contributed by atoms with Gasteiger partial charge in [0.15, 0.2) is 0 Å². The van der Waals surface area contributed by atoms with Crippen molar-refractivity contribution in [1.29, 1.82) is 5.26 Å². The van der Waals surface area contributed by atoms with Gasteiger partial charge in [0.05, 0.1) is 58.7 Å². The molecular formula is C42H44N14O3. The van der Waals surface area contributed by atoms with Crippen LogP contribution in [0.25, 0.3) is 27.4 Å². The lowest BCUT2D eigenvalue weighted by atomic mass is 10.1. The summed E-state index contributed by atoms with van der Waals surface area (Å²) in [7, 11) is 3.67. The first-order valence-corrected chi connectivity index (χ1v) is 18.7. The van der Waals surface area contributed by atoms with Gasteiger partial charge in [0.1, 0.15) is 0 Å². The molecule has 17 nitrogen and oxygen atoms in total. The first-order chi connectivity index (χ1) is 28.3. The molecule has 2 aromatic carbocycles. The molecule has 8 rings (SSSR count). The molecule has 0 radical (unpaired) electrons. The number of carbonyl (C=O) groups excluding carboxylic acids is 1. The van der Waals surface area contributed by atoms with Crippen LogP contribution in [-0.2, 0) is 14.1 Å². The third-order valence-electron chi connectivity index (χ3n) is 9.82. The summed E-state index contributed by atoms with van der Waals surface area (Å²) in [5, 5.41) is 34.6. The number of aromatic carboxylic acids is 1. The van der Waals surface area contributed by atoms with E-state index in [2.05, 4.69) is 57.0 Å². The first kappa shape index (κ1) is 41.1. The summed E-state index contributed by atoms with van der Waals surface area (Å²) in [6.45, 7) is 12.0. The van der Waals surface area contributed by atoms with Crippen LogP contribution in [0.1, 0.15) is 57.5 Å². The summed E-state index contributed by atoms with van der Waals surface area (Å²) in [6.07, 6.45) is 14.3. The molecule has 1 amide bonds. The number of nitrogens with two attached hydrogens (primary N) is 1. The number of nitriles is 1. The fourth-order valence-electron chi connectivity index (χ4n) is 5.70. The van der Waals surface area contributed by atoms with E-state index < -0.39 is 5.97 Å². The second kappa shape index (κ2) is 17.7. The number of carboxylic acids is 1. The van der Waals surface area contributed by atoms with Gasteiger partial charge in [-0.1, -0.05) is 24.3 Å². The highest BCUT2D eigenvalue weighted by Crippen LogP contribution is 2.43. The van der Waals surface area contributed by atoms with Crippen LogP contribution in [0.3, 0.4) is 0 Å². The summed E-state index contributed by atoms with van der Waals surface area (Å²) < 4.78 is 3.38. The van der Waals surface area contributed by atoms with Crippen LogP contribution in [0.4, 0.5) is 23.3 Å². The van der Waals surface area contributed by atoms with E-state index >= 15 is 0 Å². The average Bonchev–Trinajstić information content (AvgIpc) is 4.14.